The van der Waals surface area contributed by atoms with Gasteiger partial charge in [-0.1, -0.05) is 91.0 Å². The number of benzene rings is 5. The number of hydrogen-bond acceptors (Lipinski definition) is 3. The minimum atomic E-state index is -2.85. The van der Waals surface area contributed by atoms with E-state index >= 15 is 8.63 Å². The lowest BCUT2D eigenvalue weighted by Gasteiger charge is -2.20. The van der Waals surface area contributed by atoms with E-state index in [-0.39, 0.29) is 5.82 Å². The predicted octanol–water partition coefficient (Wildman–Crippen LogP) is 9.48. The van der Waals surface area contributed by atoms with Gasteiger partial charge in [-0.25, -0.2) is 9.98 Å². The number of rotatable bonds is 7. The van der Waals surface area contributed by atoms with Gasteiger partial charge >= 0.3 is 7.40 Å². The quantitative estimate of drug-likeness (QED) is 0.165. The van der Waals surface area contributed by atoms with E-state index < -0.39 is 7.40 Å². The molecule has 5 aromatic carbocycles. The van der Waals surface area contributed by atoms with Crippen molar-refractivity contribution in [3.8, 4) is 33.9 Å². The molecule has 234 valence electrons. The van der Waals surface area contributed by atoms with E-state index in [0.717, 1.165) is 54.2 Å². The monoisotopic (exact) mass is 633 g/mol. The fourth-order valence-electron chi connectivity index (χ4n) is 7.00. The van der Waals surface area contributed by atoms with Crippen molar-refractivity contribution in [1.29, 1.82) is 0 Å². The first-order valence-electron chi connectivity index (χ1n) is 15.8. The number of aliphatic imine (C=N–C) groups is 2. The van der Waals surface area contributed by atoms with E-state index in [2.05, 4.69) is 0 Å². The van der Waals surface area contributed by atoms with Gasteiger partial charge in [0.25, 0.3) is 0 Å². The molecule has 8 rings (SSSR count). The number of aryl methyl sites for hydroxylation is 1. The van der Waals surface area contributed by atoms with E-state index in [1.54, 1.807) is 14.2 Å². The standard InChI is InChI=1S/C40H30BF2N3O2/c1-47-29-19-21-31-28(23-29)17-20-32-36(27-14-7-4-8-15-27)40(46(38(31)32)41(42)43)45-39-33(25-11-5-3-6-12-25)24-34(44-39)37-30-16-10-9-13-26(30)18-22-35(37)48-2/h3-16,18-19,21-24H,17,20H2,1-2H3/b45-39-. The summed E-state index contributed by atoms with van der Waals surface area (Å²) >= 11 is 0. The Morgan fingerprint density at radius 2 is 1.48 bits per heavy atom. The van der Waals surface area contributed by atoms with Gasteiger partial charge in [0.15, 0.2) is 5.84 Å². The van der Waals surface area contributed by atoms with Crippen molar-refractivity contribution in [2.24, 2.45) is 9.98 Å². The third-order valence-corrected chi connectivity index (χ3v) is 9.16. The lowest BCUT2D eigenvalue weighted by molar-refractivity contribution is 0.414. The van der Waals surface area contributed by atoms with Gasteiger partial charge in [0.05, 0.1) is 25.5 Å². The fourth-order valence-corrected chi connectivity index (χ4v) is 7.00. The Bertz CT molecular complexity index is 2290. The van der Waals surface area contributed by atoms with Gasteiger partial charge in [-0.2, -0.15) is 0 Å². The zero-order valence-corrected chi connectivity index (χ0v) is 26.5. The normalized spacial score (nSPS) is 14.4. The summed E-state index contributed by atoms with van der Waals surface area (Å²) in [6.07, 6.45) is 3.26. The number of halogens is 2. The van der Waals surface area contributed by atoms with Crippen molar-refractivity contribution in [2.45, 2.75) is 12.8 Å². The first kappa shape index (κ1) is 29.6. The van der Waals surface area contributed by atoms with Crippen LogP contribution in [-0.4, -0.2) is 37.6 Å². The average molecular weight is 634 g/mol. The van der Waals surface area contributed by atoms with Crippen molar-refractivity contribution in [3.05, 3.63) is 144 Å². The van der Waals surface area contributed by atoms with Crippen molar-refractivity contribution in [2.75, 3.05) is 14.2 Å². The summed E-state index contributed by atoms with van der Waals surface area (Å²) in [6.45, 7) is 0. The Balaban J connectivity index is 1.42. The van der Waals surface area contributed by atoms with Gasteiger partial charge in [-0.15, -0.1) is 0 Å². The number of hydrogen-bond donors (Lipinski definition) is 0. The molecule has 0 saturated carbocycles. The Morgan fingerprint density at radius 1 is 0.750 bits per heavy atom. The molecule has 8 heteroatoms. The van der Waals surface area contributed by atoms with E-state index in [1.807, 2.05) is 121 Å². The molecule has 2 aliphatic rings. The highest BCUT2D eigenvalue weighted by Crippen LogP contribution is 2.48. The molecule has 1 aliphatic heterocycles. The van der Waals surface area contributed by atoms with E-state index in [4.69, 9.17) is 19.5 Å². The highest BCUT2D eigenvalue weighted by atomic mass is 19.2. The molecule has 0 atom stereocenters. The summed E-state index contributed by atoms with van der Waals surface area (Å²) in [5.41, 5.74) is 7.68. The lowest BCUT2D eigenvalue weighted by atomic mass is 9.86. The molecule has 0 saturated heterocycles. The van der Waals surface area contributed by atoms with Crippen molar-refractivity contribution in [3.63, 3.8) is 0 Å². The summed E-state index contributed by atoms with van der Waals surface area (Å²) < 4.78 is 43.4. The van der Waals surface area contributed by atoms with Crippen LogP contribution in [0.15, 0.2) is 131 Å². The largest absolute Gasteiger partial charge is 0.679 e. The third-order valence-electron chi connectivity index (χ3n) is 9.16. The molecule has 0 bridgehead atoms. The third kappa shape index (κ3) is 4.92. The molecule has 0 N–H and O–H groups in total. The maximum Gasteiger partial charge on any atom is 0.679 e. The molecule has 0 fully saturated rings. The topological polar surface area (TPSA) is 48.1 Å². The number of methoxy groups -OCH3 is 2. The summed E-state index contributed by atoms with van der Waals surface area (Å²) in [4.78, 5) is 10.2. The molecule has 1 aliphatic carbocycles. The van der Waals surface area contributed by atoms with Crippen molar-refractivity contribution >= 4 is 41.1 Å². The van der Waals surface area contributed by atoms with Gasteiger partial charge in [0.2, 0.25) is 0 Å². The van der Waals surface area contributed by atoms with Gasteiger partial charge < -0.3 is 14.0 Å². The second-order valence-electron chi connectivity index (χ2n) is 11.8. The Labute approximate surface area is 277 Å². The molecule has 6 aromatic rings. The molecule has 1 aromatic heterocycles. The smallest absolute Gasteiger partial charge is 0.497 e. The first-order valence-corrected chi connectivity index (χ1v) is 15.8. The van der Waals surface area contributed by atoms with Crippen LogP contribution in [-0.2, 0) is 12.8 Å². The Kier molecular flexibility index (Phi) is 7.48. The SMILES string of the molecule is COc1ccc2c(c1)CCc1c(-c3ccccc3)c(/N=C3\N=C(c4c(OC)ccc5ccccc45)C=C3c3ccccc3)n(B(F)F)c1-2. The zero-order chi connectivity index (χ0) is 32.8. The predicted molar refractivity (Wildman–Crippen MR) is 191 cm³/mol. The van der Waals surface area contributed by atoms with Crippen LogP contribution < -0.4 is 9.47 Å². The van der Waals surface area contributed by atoms with Crippen molar-refractivity contribution < 1.29 is 18.1 Å². The minimum Gasteiger partial charge on any atom is -0.497 e. The molecule has 0 amide bonds. The highest BCUT2D eigenvalue weighted by molar-refractivity contribution is 6.44. The van der Waals surface area contributed by atoms with Crippen LogP contribution in [0.1, 0.15) is 22.3 Å². The van der Waals surface area contributed by atoms with Crippen LogP contribution in [0.3, 0.4) is 0 Å². The van der Waals surface area contributed by atoms with E-state index in [1.165, 1.54) is 0 Å². The van der Waals surface area contributed by atoms with E-state index in [0.29, 0.717) is 47.1 Å². The van der Waals surface area contributed by atoms with Crippen molar-refractivity contribution in [1.82, 2.24) is 4.48 Å². The van der Waals surface area contributed by atoms with Crippen LogP contribution in [0.5, 0.6) is 11.5 Å². The van der Waals surface area contributed by atoms with Gasteiger partial charge in [-0.05, 0) is 76.2 Å². The molecule has 0 radical (unpaired) electrons. The van der Waals surface area contributed by atoms with Crippen LogP contribution in [0, 0.1) is 0 Å². The minimum absolute atomic E-state index is 0.177. The zero-order valence-electron chi connectivity index (χ0n) is 26.5. The van der Waals surface area contributed by atoms with Crippen LogP contribution in [0.25, 0.3) is 38.7 Å². The average Bonchev–Trinajstić information content (AvgIpc) is 3.70. The molecule has 2 heterocycles. The maximum absolute atomic E-state index is 15.5. The van der Waals surface area contributed by atoms with Gasteiger partial charge in [0, 0.05) is 22.4 Å². The number of nitrogens with zero attached hydrogens (tertiary/aromatic N) is 3. The summed E-state index contributed by atoms with van der Waals surface area (Å²) in [7, 11) is 0.400. The number of allylic oxidation sites excluding steroid dienone is 1. The molecular formula is C40H30BF2N3O2. The second-order valence-corrected chi connectivity index (χ2v) is 11.8. The Morgan fingerprint density at radius 3 is 2.21 bits per heavy atom. The van der Waals surface area contributed by atoms with Gasteiger partial charge in [0.1, 0.15) is 17.3 Å². The first-order chi connectivity index (χ1) is 23.6. The number of ether oxygens (including phenoxy) is 2. The Hall–Kier alpha value is -5.76. The van der Waals surface area contributed by atoms with E-state index in [9.17, 15) is 0 Å². The summed E-state index contributed by atoms with van der Waals surface area (Å²) in [5, 5.41) is 2.01. The van der Waals surface area contributed by atoms with Crippen LogP contribution in [0.2, 0.25) is 0 Å². The van der Waals surface area contributed by atoms with Gasteiger partial charge in [-0.3, -0.25) is 8.63 Å². The number of fused-ring (bicyclic) bond motifs is 4. The molecule has 5 nitrogen and oxygen atoms in total. The maximum atomic E-state index is 15.5. The fraction of sp³-hybridized carbons (Fsp3) is 0.100. The van der Waals surface area contributed by atoms with Crippen LogP contribution >= 0.6 is 0 Å². The number of amidine groups is 1. The molecular weight excluding hydrogens is 603 g/mol. The summed E-state index contributed by atoms with van der Waals surface area (Å²) in [6, 6.07) is 37.2. The number of aromatic nitrogens is 1. The second kappa shape index (κ2) is 12.1. The lowest BCUT2D eigenvalue weighted by Crippen LogP contribution is -2.16. The van der Waals surface area contributed by atoms with Crippen LogP contribution in [0.4, 0.5) is 14.4 Å². The molecule has 0 unspecified atom stereocenters. The molecule has 0 spiro atoms. The molecule has 48 heavy (non-hydrogen) atoms. The summed E-state index contributed by atoms with van der Waals surface area (Å²) in [5.74, 6) is 1.90. The highest BCUT2D eigenvalue weighted by Gasteiger charge is 2.36.